The average Bonchev–Trinajstić information content (AvgIpc) is 2.90. The lowest BCUT2D eigenvalue weighted by Crippen LogP contribution is -2.11. The molecule has 0 aliphatic carbocycles. The highest BCUT2D eigenvalue weighted by Gasteiger charge is 2.26. The zero-order valence-corrected chi connectivity index (χ0v) is 10.3. The molecule has 1 heterocycles. The maximum atomic E-state index is 12.3. The van der Waals surface area contributed by atoms with Crippen molar-refractivity contribution in [2.45, 2.75) is 17.2 Å². The first-order valence-electron chi connectivity index (χ1n) is 5.11. The molecule has 0 aliphatic heterocycles. The highest BCUT2D eigenvalue weighted by molar-refractivity contribution is 7.91. The molecule has 19 heavy (non-hydrogen) atoms. The van der Waals surface area contributed by atoms with Crippen LogP contribution < -0.4 is 5.32 Å². The second-order valence-electron chi connectivity index (χ2n) is 3.53. The number of aromatic nitrogens is 2. The van der Waals surface area contributed by atoms with E-state index in [2.05, 4.69) is 20.0 Å². The molecule has 0 saturated heterocycles. The molecule has 1 N–H and O–H groups in total. The van der Waals surface area contributed by atoms with Crippen molar-refractivity contribution in [3.05, 3.63) is 36.5 Å². The van der Waals surface area contributed by atoms with E-state index in [0.717, 1.165) is 12.1 Å². The fourth-order valence-corrected chi connectivity index (χ4v) is 2.04. The minimum absolute atomic E-state index is 0.275. The molecular weight excluding hydrogens is 280 g/mol. The molecule has 0 atom stereocenters. The molecular formula is C10H9F2N3O3S. The normalized spacial score (nSPS) is 11.7. The summed E-state index contributed by atoms with van der Waals surface area (Å²) in [7, 11) is -4.55. The summed E-state index contributed by atoms with van der Waals surface area (Å²) in [5.74, 6) is -3.00. The van der Waals surface area contributed by atoms with Gasteiger partial charge in [-0.15, -0.1) is 0 Å². The third-order valence-electron chi connectivity index (χ3n) is 2.27. The molecule has 0 radical (unpaired) electrons. The lowest BCUT2D eigenvalue weighted by molar-refractivity contribution is 0.234. The Balaban J connectivity index is 2.07. The van der Waals surface area contributed by atoms with Gasteiger partial charge in [-0.1, -0.05) is 5.16 Å². The smallest absolute Gasteiger partial charge is 0.341 e. The fraction of sp³-hybridized carbons (Fsp3) is 0.200. The van der Waals surface area contributed by atoms with Gasteiger partial charge in [0.05, 0.1) is 11.4 Å². The van der Waals surface area contributed by atoms with Gasteiger partial charge in [0.2, 0.25) is 16.2 Å². The number of anilines is 1. The van der Waals surface area contributed by atoms with Crippen LogP contribution in [0.15, 0.2) is 40.1 Å². The zero-order valence-electron chi connectivity index (χ0n) is 9.45. The monoisotopic (exact) mass is 289 g/mol. The van der Waals surface area contributed by atoms with Crippen LogP contribution in [-0.2, 0) is 16.4 Å². The second kappa shape index (κ2) is 5.31. The molecule has 0 amide bonds. The van der Waals surface area contributed by atoms with Crippen LogP contribution in [0.3, 0.4) is 0 Å². The van der Waals surface area contributed by atoms with Gasteiger partial charge in [0.25, 0.3) is 0 Å². The number of hydrogen-bond donors (Lipinski definition) is 1. The number of hydrogen-bond acceptors (Lipinski definition) is 6. The Morgan fingerprint density at radius 3 is 2.47 bits per heavy atom. The molecule has 0 bridgehead atoms. The van der Waals surface area contributed by atoms with E-state index in [0.29, 0.717) is 11.5 Å². The van der Waals surface area contributed by atoms with Gasteiger partial charge >= 0.3 is 5.76 Å². The third-order valence-corrected chi connectivity index (χ3v) is 3.67. The molecule has 0 spiro atoms. The van der Waals surface area contributed by atoms with Gasteiger partial charge in [0, 0.05) is 5.69 Å². The van der Waals surface area contributed by atoms with Crippen LogP contribution in [0.4, 0.5) is 14.5 Å². The molecule has 1 aromatic heterocycles. The minimum atomic E-state index is -4.55. The van der Waals surface area contributed by atoms with Crippen molar-refractivity contribution < 1.29 is 21.7 Å². The number of halogens is 2. The highest BCUT2D eigenvalue weighted by atomic mass is 32.2. The van der Waals surface area contributed by atoms with Gasteiger partial charge in [-0.25, -0.2) is 8.42 Å². The minimum Gasteiger partial charge on any atom is -0.378 e. The van der Waals surface area contributed by atoms with Gasteiger partial charge in [0.15, 0.2) is 5.82 Å². The molecule has 0 saturated carbocycles. The summed E-state index contributed by atoms with van der Waals surface area (Å²) in [6, 6.07) is 4.99. The van der Waals surface area contributed by atoms with Crippen LogP contribution in [0.5, 0.6) is 0 Å². The molecule has 6 nitrogen and oxygen atoms in total. The Morgan fingerprint density at radius 1 is 1.26 bits per heavy atom. The summed E-state index contributed by atoms with van der Waals surface area (Å²) in [6.45, 7) is 0.275. The van der Waals surface area contributed by atoms with E-state index < -0.39 is 20.5 Å². The number of benzene rings is 1. The summed E-state index contributed by atoms with van der Waals surface area (Å²) in [5.41, 5.74) is 0.554. The van der Waals surface area contributed by atoms with Gasteiger partial charge < -0.3 is 9.84 Å². The molecule has 2 rings (SSSR count). The Morgan fingerprint density at radius 2 is 1.95 bits per heavy atom. The summed E-state index contributed by atoms with van der Waals surface area (Å²) >= 11 is 0. The highest BCUT2D eigenvalue weighted by Crippen LogP contribution is 2.20. The van der Waals surface area contributed by atoms with Gasteiger partial charge in [-0.05, 0) is 24.3 Å². The lowest BCUT2D eigenvalue weighted by Gasteiger charge is -2.06. The van der Waals surface area contributed by atoms with Crippen molar-refractivity contribution >= 4 is 15.5 Å². The molecule has 0 fully saturated rings. The molecule has 9 heteroatoms. The van der Waals surface area contributed by atoms with E-state index in [4.69, 9.17) is 0 Å². The number of sulfone groups is 1. The van der Waals surface area contributed by atoms with Crippen molar-refractivity contribution in [1.29, 1.82) is 0 Å². The quantitative estimate of drug-likeness (QED) is 0.901. The molecule has 102 valence electrons. The number of alkyl halides is 2. The summed E-state index contributed by atoms with van der Waals surface area (Å²) in [6.07, 6.45) is 1.18. The van der Waals surface area contributed by atoms with Crippen molar-refractivity contribution in [3.8, 4) is 0 Å². The molecule has 0 unspecified atom stereocenters. The molecule has 0 aliphatic rings. The van der Waals surface area contributed by atoms with E-state index in [1.54, 1.807) is 0 Å². The Hall–Kier alpha value is -2.03. The van der Waals surface area contributed by atoms with Crippen molar-refractivity contribution in [3.63, 3.8) is 0 Å². The van der Waals surface area contributed by atoms with Gasteiger partial charge in [0.1, 0.15) is 0 Å². The summed E-state index contributed by atoms with van der Waals surface area (Å²) < 4.78 is 51.5. The van der Waals surface area contributed by atoms with Crippen LogP contribution in [0.25, 0.3) is 0 Å². The van der Waals surface area contributed by atoms with E-state index in [-0.39, 0.29) is 6.54 Å². The lowest BCUT2D eigenvalue weighted by atomic mass is 10.3. The Bertz CT molecular complexity index is 627. The van der Waals surface area contributed by atoms with Crippen LogP contribution in [-0.4, -0.2) is 24.3 Å². The van der Waals surface area contributed by atoms with E-state index in [1.165, 1.54) is 18.5 Å². The maximum Gasteiger partial charge on any atom is 0.341 e. The summed E-state index contributed by atoms with van der Waals surface area (Å²) in [5, 5.41) is 6.46. The Labute approximate surface area is 107 Å². The number of rotatable bonds is 5. The van der Waals surface area contributed by atoms with Crippen LogP contribution in [0.1, 0.15) is 5.82 Å². The largest absolute Gasteiger partial charge is 0.378 e. The molecule has 1 aromatic carbocycles. The van der Waals surface area contributed by atoms with Crippen molar-refractivity contribution in [1.82, 2.24) is 10.1 Å². The summed E-state index contributed by atoms with van der Waals surface area (Å²) in [4.78, 5) is 3.35. The van der Waals surface area contributed by atoms with Crippen molar-refractivity contribution in [2.75, 3.05) is 5.32 Å². The van der Waals surface area contributed by atoms with Crippen molar-refractivity contribution in [2.24, 2.45) is 0 Å². The predicted molar refractivity (Wildman–Crippen MR) is 61.3 cm³/mol. The maximum absolute atomic E-state index is 12.3. The number of nitrogens with one attached hydrogen (secondary N) is 1. The first-order chi connectivity index (χ1) is 9.00. The topological polar surface area (TPSA) is 85.1 Å². The van der Waals surface area contributed by atoms with Crippen LogP contribution in [0.2, 0.25) is 0 Å². The third kappa shape index (κ3) is 3.05. The second-order valence-corrected chi connectivity index (χ2v) is 5.45. The van der Waals surface area contributed by atoms with Crippen LogP contribution in [0, 0.1) is 0 Å². The van der Waals surface area contributed by atoms with E-state index in [9.17, 15) is 17.2 Å². The molecule has 2 aromatic rings. The van der Waals surface area contributed by atoms with Crippen LogP contribution >= 0.6 is 0 Å². The fourth-order valence-electron chi connectivity index (χ4n) is 1.32. The number of nitrogens with zero attached hydrogens (tertiary/aromatic N) is 2. The van der Waals surface area contributed by atoms with Gasteiger partial charge in [-0.2, -0.15) is 13.8 Å². The van der Waals surface area contributed by atoms with E-state index >= 15 is 0 Å². The zero-order chi connectivity index (χ0) is 13.9. The first-order valence-corrected chi connectivity index (χ1v) is 6.66. The standard InChI is InChI=1S/C10H9F2N3O3S/c11-10(12)19(16,17)8-3-1-7(2-4-8)13-5-9-14-6-18-15-9/h1-4,6,10,13H,5H2. The van der Waals surface area contributed by atoms with Gasteiger partial charge in [-0.3, -0.25) is 0 Å². The first kappa shape index (κ1) is 13.4. The SMILES string of the molecule is O=S(=O)(c1ccc(NCc2ncon2)cc1)C(F)F. The Kier molecular flexibility index (Phi) is 3.74. The van der Waals surface area contributed by atoms with E-state index in [1.807, 2.05) is 0 Å². The average molecular weight is 289 g/mol. The predicted octanol–water partition coefficient (Wildman–Crippen LogP) is 1.68.